The van der Waals surface area contributed by atoms with Gasteiger partial charge in [0.1, 0.15) is 0 Å². The van der Waals surface area contributed by atoms with Crippen LogP contribution in [0.3, 0.4) is 0 Å². The van der Waals surface area contributed by atoms with Crippen molar-refractivity contribution >= 4 is 5.91 Å². The Morgan fingerprint density at radius 1 is 1.50 bits per heavy atom. The first-order valence-electron chi connectivity index (χ1n) is 7.08. The fourth-order valence-corrected chi connectivity index (χ4v) is 2.46. The Labute approximate surface area is 111 Å². The molecule has 1 fully saturated rings. The van der Waals surface area contributed by atoms with Crippen molar-refractivity contribution in [3.8, 4) is 0 Å². The molecule has 4 nitrogen and oxygen atoms in total. The van der Waals surface area contributed by atoms with E-state index in [1.54, 1.807) is 0 Å². The zero-order valence-electron chi connectivity index (χ0n) is 12.4. The lowest BCUT2D eigenvalue weighted by Gasteiger charge is -2.32. The van der Waals surface area contributed by atoms with Gasteiger partial charge in [0.25, 0.3) is 0 Å². The predicted octanol–water partition coefficient (Wildman–Crippen LogP) is 1.84. The van der Waals surface area contributed by atoms with Gasteiger partial charge >= 0.3 is 0 Å². The van der Waals surface area contributed by atoms with Gasteiger partial charge in [-0.1, -0.05) is 13.3 Å². The fraction of sp³-hybridized carbons (Fsp3) is 0.929. The smallest absolute Gasteiger partial charge is 0.237 e. The lowest BCUT2D eigenvalue weighted by Crippen LogP contribution is -2.56. The summed E-state index contributed by atoms with van der Waals surface area (Å²) in [6.07, 6.45) is 3.22. The summed E-state index contributed by atoms with van der Waals surface area (Å²) < 4.78 is 5.57. The van der Waals surface area contributed by atoms with Crippen LogP contribution in [0.1, 0.15) is 53.9 Å². The number of amides is 1. The second-order valence-electron chi connectivity index (χ2n) is 5.74. The molecule has 106 valence electrons. The van der Waals surface area contributed by atoms with Crippen LogP contribution >= 0.6 is 0 Å². The van der Waals surface area contributed by atoms with Gasteiger partial charge in [0.2, 0.25) is 5.91 Å². The van der Waals surface area contributed by atoms with Crippen molar-refractivity contribution < 1.29 is 9.53 Å². The van der Waals surface area contributed by atoms with Crippen LogP contribution in [0.4, 0.5) is 0 Å². The molecule has 1 aliphatic heterocycles. The van der Waals surface area contributed by atoms with Crippen molar-refractivity contribution in [2.24, 2.45) is 0 Å². The number of ether oxygens (including phenoxy) is 1. The largest absolute Gasteiger partial charge is 0.377 e. The Hall–Kier alpha value is -0.610. The second kappa shape index (κ2) is 6.53. The van der Waals surface area contributed by atoms with Gasteiger partial charge in [-0.25, -0.2) is 0 Å². The summed E-state index contributed by atoms with van der Waals surface area (Å²) in [4.78, 5) is 12.1. The number of carbonyl (C=O) groups excluding carboxylic acids is 1. The van der Waals surface area contributed by atoms with E-state index in [1.807, 2.05) is 6.92 Å². The van der Waals surface area contributed by atoms with E-state index in [4.69, 9.17) is 4.74 Å². The maximum Gasteiger partial charge on any atom is 0.237 e. The maximum absolute atomic E-state index is 12.1. The van der Waals surface area contributed by atoms with Gasteiger partial charge in [-0.05, 0) is 40.5 Å². The first-order chi connectivity index (χ1) is 8.39. The van der Waals surface area contributed by atoms with Gasteiger partial charge in [-0.15, -0.1) is 0 Å². The highest BCUT2D eigenvalue weighted by Crippen LogP contribution is 2.25. The van der Waals surface area contributed by atoms with Crippen LogP contribution in [0, 0.1) is 0 Å². The molecular weight excluding hydrogens is 228 g/mol. The van der Waals surface area contributed by atoms with E-state index in [1.165, 1.54) is 0 Å². The van der Waals surface area contributed by atoms with Gasteiger partial charge in [0.05, 0.1) is 12.1 Å². The quantitative estimate of drug-likeness (QED) is 0.762. The van der Waals surface area contributed by atoms with Crippen LogP contribution in [0.15, 0.2) is 0 Å². The molecule has 1 aliphatic rings. The predicted molar refractivity (Wildman–Crippen MR) is 73.5 cm³/mol. The SMILES string of the molecule is CCCC(C)NC(=O)C(C)NC1(C)CCOC1C. The molecular formula is C14H28N2O2. The molecule has 0 aliphatic carbocycles. The summed E-state index contributed by atoms with van der Waals surface area (Å²) in [5.41, 5.74) is -0.0925. The fourth-order valence-electron chi connectivity index (χ4n) is 2.46. The molecule has 1 saturated heterocycles. The van der Waals surface area contributed by atoms with Crippen LogP contribution in [-0.2, 0) is 9.53 Å². The van der Waals surface area contributed by atoms with Gasteiger partial charge in [-0.3, -0.25) is 10.1 Å². The van der Waals surface area contributed by atoms with Crippen molar-refractivity contribution in [2.45, 2.75) is 77.6 Å². The van der Waals surface area contributed by atoms with Crippen molar-refractivity contribution in [3.63, 3.8) is 0 Å². The first-order valence-corrected chi connectivity index (χ1v) is 7.08. The van der Waals surface area contributed by atoms with Crippen LogP contribution in [0.2, 0.25) is 0 Å². The molecule has 1 rings (SSSR count). The number of carbonyl (C=O) groups is 1. The van der Waals surface area contributed by atoms with Gasteiger partial charge in [-0.2, -0.15) is 0 Å². The van der Waals surface area contributed by atoms with E-state index >= 15 is 0 Å². The third-order valence-electron chi connectivity index (χ3n) is 3.94. The topological polar surface area (TPSA) is 50.4 Å². The van der Waals surface area contributed by atoms with E-state index in [9.17, 15) is 4.79 Å². The van der Waals surface area contributed by atoms with Gasteiger partial charge < -0.3 is 10.1 Å². The number of nitrogens with one attached hydrogen (secondary N) is 2. The third-order valence-corrected chi connectivity index (χ3v) is 3.94. The minimum Gasteiger partial charge on any atom is -0.377 e. The number of rotatable bonds is 6. The summed E-state index contributed by atoms with van der Waals surface area (Å²) in [5, 5.41) is 6.46. The first kappa shape index (κ1) is 15.4. The Morgan fingerprint density at radius 2 is 2.17 bits per heavy atom. The highest BCUT2D eigenvalue weighted by molar-refractivity contribution is 5.81. The standard InChI is InChI=1S/C14H28N2O2/c1-6-7-10(2)15-13(17)11(3)16-14(5)8-9-18-12(14)4/h10-12,16H,6-9H2,1-5H3,(H,15,17). The Balaban J connectivity index is 2.44. The third kappa shape index (κ3) is 3.95. The lowest BCUT2D eigenvalue weighted by molar-refractivity contribution is -0.124. The van der Waals surface area contributed by atoms with Crippen molar-refractivity contribution in [3.05, 3.63) is 0 Å². The minimum atomic E-state index is -0.182. The van der Waals surface area contributed by atoms with Crippen LogP contribution in [0.25, 0.3) is 0 Å². The van der Waals surface area contributed by atoms with Gasteiger partial charge in [0.15, 0.2) is 0 Å². The van der Waals surface area contributed by atoms with Crippen LogP contribution in [-0.4, -0.2) is 36.2 Å². The summed E-state index contributed by atoms with van der Waals surface area (Å²) in [5.74, 6) is 0.0799. The van der Waals surface area contributed by atoms with E-state index < -0.39 is 0 Å². The Kier molecular flexibility index (Phi) is 5.60. The Bertz CT molecular complexity index is 283. The number of hydrogen-bond acceptors (Lipinski definition) is 3. The molecule has 1 heterocycles. The summed E-state index contributed by atoms with van der Waals surface area (Å²) >= 11 is 0. The van der Waals surface area contributed by atoms with Gasteiger partial charge in [0, 0.05) is 18.2 Å². The normalized spacial score (nSPS) is 31.1. The summed E-state index contributed by atoms with van der Waals surface area (Å²) in [7, 11) is 0. The molecule has 0 aromatic carbocycles. The average molecular weight is 256 g/mol. The highest BCUT2D eigenvalue weighted by atomic mass is 16.5. The van der Waals surface area contributed by atoms with Crippen molar-refractivity contribution in [2.75, 3.05) is 6.61 Å². The van der Waals surface area contributed by atoms with E-state index in [0.717, 1.165) is 25.9 Å². The zero-order valence-corrected chi connectivity index (χ0v) is 12.4. The van der Waals surface area contributed by atoms with Crippen molar-refractivity contribution in [1.82, 2.24) is 10.6 Å². The minimum absolute atomic E-state index is 0.0799. The van der Waals surface area contributed by atoms with Crippen LogP contribution < -0.4 is 10.6 Å². The zero-order chi connectivity index (χ0) is 13.8. The molecule has 4 heteroatoms. The molecule has 0 spiro atoms. The average Bonchev–Trinajstić information content (AvgIpc) is 2.59. The molecule has 0 bridgehead atoms. The molecule has 4 atom stereocenters. The molecule has 0 radical (unpaired) electrons. The highest BCUT2D eigenvalue weighted by Gasteiger charge is 2.38. The molecule has 0 aromatic heterocycles. The maximum atomic E-state index is 12.1. The molecule has 0 aromatic rings. The van der Waals surface area contributed by atoms with Crippen molar-refractivity contribution in [1.29, 1.82) is 0 Å². The van der Waals surface area contributed by atoms with E-state index in [0.29, 0.717) is 0 Å². The molecule has 0 saturated carbocycles. The molecule has 4 unspecified atom stereocenters. The van der Waals surface area contributed by atoms with E-state index in [2.05, 4.69) is 38.3 Å². The lowest BCUT2D eigenvalue weighted by atomic mass is 9.93. The Morgan fingerprint density at radius 3 is 2.67 bits per heavy atom. The molecule has 1 amide bonds. The van der Waals surface area contributed by atoms with Crippen LogP contribution in [0.5, 0.6) is 0 Å². The number of hydrogen-bond donors (Lipinski definition) is 2. The van der Waals surface area contributed by atoms with E-state index in [-0.39, 0.29) is 29.6 Å². The summed E-state index contributed by atoms with van der Waals surface area (Å²) in [6.45, 7) is 11.1. The monoisotopic (exact) mass is 256 g/mol. The molecule has 18 heavy (non-hydrogen) atoms. The molecule has 2 N–H and O–H groups in total. The summed E-state index contributed by atoms with van der Waals surface area (Å²) in [6, 6.07) is 0.0651. The second-order valence-corrected chi connectivity index (χ2v) is 5.74.